The molecule has 0 saturated carbocycles. The molecule has 0 atom stereocenters. The zero-order chi connectivity index (χ0) is 19.2. The summed E-state index contributed by atoms with van der Waals surface area (Å²) in [7, 11) is 0. The largest absolute Gasteiger partial charge is 0.494 e. The molecule has 0 bridgehead atoms. The van der Waals surface area contributed by atoms with Gasteiger partial charge in [-0.3, -0.25) is 4.79 Å². The lowest BCUT2D eigenvalue weighted by Crippen LogP contribution is -2.26. The summed E-state index contributed by atoms with van der Waals surface area (Å²) in [6.07, 6.45) is 0.579. The van der Waals surface area contributed by atoms with Gasteiger partial charge in [0.15, 0.2) is 5.69 Å². The third-order valence-corrected chi connectivity index (χ3v) is 3.89. The third-order valence-electron chi connectivity index (χ3n) is 3.89. The fourth-order valence-electron chi connectivity index (χ4n) is 2.54. The van der Waals surface area contributed by atoms with E-state index in [1.165, 1.54) is 22.9 Å². The Morgan fingerprint density at radius 3 is 2.63 bits per heavy atom. The van der Waals surface area contributed by atoms with Gasteiger partial charge in [0.2, 0.25) is 0 Å². The average molecular weight is 371 g/mol. The number of carbonyl (C=O) groups is 1. The van der Waals surface area contributed by atoms with Gasteiger partial charge in [0.05, 0.1) is 6.61 Å². The van der Waals surface area contributed by atoms with Crippen LogP contribution in [0.15, 0.2) is 54.6 Å². The number of aromatic nitrogens is 2. The summed E-state index contributed by atoms with van der Waals surface area (Å²) in [6.45, 7) is 2.53. The van der Waals surface area contributed by atoms with Crippen LogP contribution in [0.4, 0.5) is 8.78 Å². The van der Waals surface area contributed by atoms with Crippen LogP contribution >= 0.6 is 0 Å². The quantitative estimate of drug-likeness (QED) is 0.645. The minimum atomic E-state index is -0.409. The predicted octanol–water partition coefficient (Wildman–Crippen LogP) is 3.66. The van der Waals surface area contributed by atoms with Crippen LogP contribution in [0.3, 0.4) is 0 Å². The summed E-state index contributed by atoms with van der Waals surface area (Å²) in [6, 6.07) is 13.6. The molecule has 0 aliphatic rings. The first-order valence-corrected chi connectivity index (χ1v) is 8.53. The van der Waals surface area contributed by atoms with Crippen molar-refractivity contribution in [1.29, 1.82) is 0 Å². The zero-order valence-electron chi connectivity index (χ0n) is 14.8. The maximum absolute atomic E-state index is 13.9. The summed E-state index contributed by atoms with van der Waals surface area (Å²) >= 11 is 0. The Kier molecular flexibility index (Phi) is 5.80. The molecule has 0 aliphatic carbocycles. The molecule has 7 heteroatoms. The Balaban J connectivity index is 1.51. The molecule has 2 aromatic carbocycles. The van der Waals surface area contributed by atoms with Gasteiger partial charge in [-0.15, -0.1) is 0 Å². The van der Waals surface area contributed by atoms with Crippen molar-refractivity contribution in [3.63, 3.8) is 0 Å². The molecule has 3 rings (SSSR count). The molecule has 0 aliphatic heterocycles. The van der Waals surface area contributed by atoms with Crippen LogP contribution in [0.1, 0.15) is 22.6 Å². The molecule has 1 heterocycles. The van der Waals surface area contributed by atoms with Gasteiger partial charge in [0, 0.05) is 12.2 Å². The summed E-state index contributed by atoms with van der Waals surface area (Å²) in [5, 5.41) is 6.95. The van der Waals surface area contributed by atoms with Crippen molar-refractivity contribution < 1.29 is 18.3 Å². The molecule has 0 spiro atoms. The highest BCUT2D eigenvalue weighted by Gasteiger charge is 2.14. The van der Waals surface area contributed by atoms with Crippen molar-refractivity contribution in [3.8, 4) is 11.4 Å². The van der Waals surface area contributed by atoms with Crippen molar-refractivity contribution in [3.05, 3.63) is 77.6 Å². The molecule has 3 aromatic rings. The van der Waals surface area contributed by atoms with Crippen LogP contribution in [0.25, 0.3) is 5.69 Å². The highest BCUT2D eigenvalue weighted by atomic mass is 19.1. The minimum Gasteiger partial charge on any atom is -0.494 e. The van der Waals surface area contributed by atoms with Gasteiger partial charge in [-0.1, -0.05) is 12.1 Å². The highest BCUT2D eigenvalue weighted by molar-refractivity contribution is 5.92. The lowest BCUT2D eigenvalue weighted by Gasteiger charge is -2.07. The van der Waals surface area contributed by atoms with Crippen LogP contribution in [-0.2, 0) is 0 Å². The van der Waals surface area contributed by atoms with Gasteiger partial charge >= 0.3 is 0 Å². The second-order valence-electron chi connectivity index (χ2n) is 5.95. The van der Waals surface area contributed by atoms with E-state index in [4.69, 9.17) is 4.74 Å². The van der Waals surface area contributed by atoms with E-state index in [1.807, 2.05) is 0 Å². The van der Waals surface area contributed by atoms with Crippen molar-refractivity contribution in [2.75, 3.05) is 13.2 Å². The fourth-order valence-corrected chi connectivity index (χ4v) is 2.54. The van der Waals surface area contributed by atoms with Crippen LogP contribution < -0.4 is 10.1 Å². The molecule has 1 N–H and O–H groups in total. The number of para-hydroxylation sites is 1. The molecule has 1 aromatic heterocycles. The lowest BCUT2D eigenvalue weighted by molar-refractivity contribution is 0.0946. The van der Waals surface area contributed by atoms with Gasteiger partial charge < -0.3 is 10.1 Å². The molecular weight excluding hydrogens is 352 g/mol. The van der Waals surface area contributed by atoms with E-state index < -0.39 is 5.82 Å². The van der Waals surface area contributed by atoms with E-state index in [-0.39, 0.29) is 17.4 Å². The van der Waals surface area contributed by atoms with E-state index >= 15 is 0 Å². The van der Waals surface area contributed by atoms with Gasteiger partial charge in [0.25, 0.3) is 5.91 Å². The normalized spacial score (nSPS) is 10.6. The first-order valence-electron chi connectivity index (χ1n) is 8.53. The van der Waals surface area contributed by atoms with Crippen molar-refractivity contribution in [2.45, 2.75) is 13.3 Å². The highest BCUT2D eigenvalue weighted by Crippen LogP contribution is 2.15. The maximum Gasteiger partial charge on any atom is 0.271 e. The molecule has 1 amide bonds. The minimum absolute atomic E-state index is 0.218. The third kappa shape index (κ3) is 4.69. The van der Waals surface area contributed by atoms with Crippen LogP contribution in [0.5, 0.6) is 5.75 Å². The van der Waals surface area contributed by atoms with E-state index in [9.17, 15) is 13.6 Å². The molecule has 5 nitrogen and oxygen atoms in total. The van der Waals surface area contributed by atoms with Gasteiger partial charge in [0.1, 0.15) is 23.1 Å². The van der Waals surface area contributed by atoms with Crippen LogP contribution in [0, 0.1) is 18.6 Å². The Morgan fingerprint density at radius 1 is 1.15 bits per heavy atom. The van der Waals surface area contributed by atoms with Crippen molar-refractivity contribution in [2.24, 2.45) is 0 Å². The fraction of sp³-hybridized carbons (Fsp3) is 0.200. The monoisotopic (exact) mass is 371 g/mol. The van der Waals surface area contributed by atoms with Crippen LogP contribution in [-0.4, -0.2) is 28.8 Å². The Labute approximate surface area is 155 Å². The Hall–Kier alpha value is -3.22. The molecular formula is C20H19F2N3O2. The molecule has 0 fully saturated rings. The predicted molar refractivity (Wildman–Crippen MR) is 97.1 cm³/mol. The topological polar surface area (TPSA) is 56.1 Å². The smallest absolute Gasteiger partial charge is 0.271 e. The molecule has 27 heavy (non-hydrogen) atoms. The standard InChI is InChI=1S/C20H19F2N3O2/c1-14-13-18(24-25(14)19-6-3-2-5-17(19)22)20(26)23-11-4-12-27-16-9-7-15(21)8-10-16/h2-3,5-10,13H,4,11-12H2,1H3,(H,23,26). The summed E-state index contributed by atoms with van der Waals surface area (Å²) in [5.74, 6) is -0.495. The van der Waals surface area contributed by atoms with Gasteiger partial charge in [-0.05, 0) is 55.8 Å². The van der Waals surface area contributed by atoms with Gasteiger partial charge in [-0.25, -0.2) is 13.5 Å². The average Bonchev–Trinajstić information content (AvgIpc) is 3.05. The first kappa shape index (κ1) is 18.6. The van der Waals surface area contributed by atoms with Crippen molar-refractivity contribution in [1.82, 2.24) is 15.1 Å². The van der Waals surface area contributed by atoms with E-state index in [0.29, 0.717) is 36.7 Å². The number of carbonyl (C=O) groups excluding carboxylic acids is 1. The molecule has 0 unspecified atom stereocenters. The van der Waals surface area contributed by atoms with Crippen LogP contribution in [0.2, 0.25) is 0 Å². The number of nitrogens with one attached hydrogen (secondary N) is 1. The number of amides is 1. The lowest BCUT2D eigenvalue weighted by atomic mass is 10.3. The molecule has 0 radical (unpaired) electrons. The van der Waals surface area contributed by atoms with Gasteiger partial charge in [-0.2, -0.15) is 5.10 Å². The number of halogens is 2. The number of hydrogen-bond donors (Lipinski definition) is 1. The Bertz CT molecular complexity index is 923. The SMILES string of the molecule is Cc1cc(C(=O)NCCCOc2ccc(F)cc2)nn1-c1ccccc1F. The first-order chi connectivity index (χ1) is 13.0. The molecule has 140 valence electrons. The number of rotatable bonds is 7. The molecule has 0 saturated heterocycles. The second-order valence-corrected chi connectivity index (χ2v) is 5.95. The Morgan fingerprint density at radius 2 is 1.89 bits per heavy atom. The van der Waals surface area contributed by atoms with E-state index in [0.717, 1.165) is 0 Å². The zero-order valence-corrected chi connectivity index (χ0v) is 14.8. The number of benzene rings is 2. The maximum atomic E-state index is 13.9. The summed E-state index contributed by atoms with van der Waals surface area (Å²) < 4.78 is 33.6. The second kappa shape index (κ2) is 8.44. The van der Waals surface area contributed by atoms with Crippen molar-refractivity contribution >= 4 is 5.91 Å². The number of nitrogens with zero attached hydrogens (tertiary/aromatic N) is 2. The number of hydrogen-bond acceptors (Lipinski definition) is 3. The summed E-state index contributed by atoms with van der Waals surface area (Å²) in [4.78, 5) is 12.2. The van der Waals surface area contributed by atoms with E-state index in [2.05, 4.69) is 10.4 Å². The number of ether oxygens (including phenoxy) is 1. The van der Waals surface area contributed by atoms with E-state index in [1.54, 1.807) is 43.3 Å². The summed E-state index contributed by atoms with van der Waals surface area (Å²) in [5.41, 5.74) is 1.17. The number of aryl methyl sites for hydroxylation is 1.